The molecule has 0 bridgehead atoms. The Morgan fingerprint density at radius 2 is 1.82 bits per heavy atom. The van der Waals surface area contributed by atoms with E-state index in [9.17, 15) is 4.79 Å². The molecule has 33 heavy (non-hydrogen) atoms. The van der Waals surface area contributed by atoms with E-state index in [1.54, 1.807) is 11.3 Å². The standard InChI is InChI=1S/C26H25N3O3S/c30-26(27-12-6-5-7-19-18-33-25(28-19)29-13-15-31-16-14-29)32-17-24-22-10-3-1-8-20(22)21-9-2-4-11-23(21)24/h1-4,8-11,18,24H,6,12-17H2,(H,27,30). The SMILES string of the molecule is O=C(NCCC#Cc1csc(N2CCOCC2)n1)OCC1c2ccccc2-c2ccccc21. The van der Waals surface area contributed by atoms with E-state index >= 15 is 0 Å². The molecule has 0 spiro atoms. The largest absolute Gasteiger partial charge is 0.449 e. The Kier molecular flexibility index (Phi) is 6.56. The minimum absolute atomic E-state index is 0.0632. The summed E-state index contributed by atoms with van der Waals surface area (Å²) in [5, 5.41) is 5.75. The minimum Gasteiger partial charge on any atom is -0.449 e. The highest BCUT2D eigenvalue weighted by Gasteiger charge is 2.28. The van der Waals surface area contributed by atoms with Crippen molar-refractivity contribution in [1.29, 1.82) is 0 Å². The number of nitrogens with one attached hydrogen (secondary N) is 1. The molecule has 1 amide bonds. The lowest BCUT2D eigenvalue weighted by atomic mass is 9.98. The number of hydrogen-bond acceptors (Lipinski definition) is 6. The summed E-state index contributed by atoms with van der Waals surface area (Å²) in [4.78, 5) is 19.0. The third kappa shape index (κ3) is 4.87. The first-order chi connectivity index (χ1) is 16.3. The molecule has 0 saturated carbocycles. The highest BCUT2D eigenvalue weighted by atomic mass is 32.1. The fourth-order valence-corrected chi connectivity index (χ4v) is 5.06. The third-order valence-electron chi connectivity index (χ3n) is 5.85. The number of benzene rings is 2. The lowest BCUT2D eigenvalue weighted by Crippen LogP contribution is -2.36. The monoisotopic (exact) mass is 459 g/mol. The van der Waals surface area contributed by atoms with E-state index in [1.165, 1.54) is 22.3 Å². The number of carbonyl (C=O) groups excluding carboxylic acids is 1. The Balaban J connectivity index is 1.09. The van der Waals surface area contributed by atoms with E-state index in [2.05, 4.69) is 51.3 Å². The van der Waals surface area contributed by atoms with Crippen molar-refractivity contribution >= 4 is 22.6 Å². The summed E-state index contributed by atoms with van der Waals surface area (Å²) >= 11 is 1.60. The number of morpholine rings is 1. The molecule has 0 atom stereocenters. The molecule has 2 aromatic carbocycles. The molecule has 1 fully saturated rings. The molecule has 5 rings (SSSR count). The molecule has 1 aliphatic heterocycles. The smallest absolute Gasteiger partial charge is 0.407 e. The number of amides is 1. The lowest BCUT2D eigenvalue weighted by Gasteiger charge is -2.25. The van der Waals surface area contributed by atoms with Gasteiger partial charge in [-0.1, -0.05) is 54.5 Å². The van der Waals surface area contributed by atoms with Crippen molar-refractivity contribution in [2.45, 2.75) is 12.3 Å². The highest BCUT2D eigenvalue weighted by Crippen LogP contribution is 2.44. The number of fused-ring (bicyclic) bond motifs is 3. The Morgan fingerprint density at radius 3 is 2.55 bits per heavy atom. The van der Waals surface area contributed by atoms with Crippen molar-refractivity contribution in [2.75, 3.05) is 44.4 Å². The number of rotatable bonds is 5. The molecule has 1 aliphatic carbocycles. The van der Waals surface area contributed by atoms with Crippen LogP contribution in [0.3, 0.4) is 0 Å². The van der Waals surface area contributed by atoms with Gasteiger partial charge in [-0.3, -0.25) is 0 Å². The molecule has 3 aromatic rings. The molecular weight excluding hydrogens is 434 g/mol. The van der Waals surface area contributed by atoms with Crippen molar-refractivity contribution in [1.82, 2.24) is 10.3 Å². The van der Waals surface area contributed by atoms with Gasteiger partial charge in [0.05, 0.1) is 13.2 Å². The maximum atomic E-state index is 12.2. The maximum absolute atomic E-state index is 12.2. The summed E-state index contributed by atoms with van der Waals surface area (Å²) in [6.45, 7) is 3.96. The van der Waals surface area contributed by atoms with Crippen LogP contribution < -0.4 is 10.2 Å². The number of aromatic nitrogens is 1. The second-order valence-electron chi connectivity index (χ2n) is 7.92. The van der Waals surface area contributed by atoms with Crippen LogP contribution in [0.4, 0.5) is 9.93 Å². The average molecular weight is 460 g/mol. The number of carbonyl (C=O) groups is 1. The summed E-state index contributed by atoms with van der Waals surface area (Å²) in [5.41, 5.74) is 5.61. The first-order valence-electron chi connectivity index (χ1n) is 11.2. The van der Waals surface area contributed by atoms with Gasteiger partial charge in [0.1, 0.15) is 12.3 Å². The predicted octanol–water partition coefficient (Wildman–Crippen LogP) is 4.26. The lowest BCUT2D eigenvalue weighted by molar-refractivity contribution is 0.122. The van der Waals surface area contributed by atoms with E-state index in [-0.39, 0.29) is 5.92 Å². The number of nitrogens with zero attached hydrogens (tertiary/aromatic N) is 2. The van der Waals surface area contributed by atoms with Crippen molar-refractivity contribution in [3.8, 4) is 23.0 Å². The maximum Gasteiger partial charge on any atom is 0.407 e. The number of hydrogen-bond donors (Lipinski definition) is 1. The number of alkyl carbamates (subject to hydrolysis) is 1. The first kappa shape index (κ1) is 21.5. The highest BCUT2D eigenvalue weighted by molar-refractivity contribution is 7.13. The quantitative estimate of drug-likeness (QED) is 0.456. The van der Waals surface area contributed by atoms with Crippen molar-refractivity contribution in [2.24, 2.45) is 0 Å². The van der Waals surface area contributed by atoms with Crippen molar-refractivity contribution in [3.63, 3.8) is 0 Å². The van der Waals surface area contributed by atoms with Gasteiger partial charge in [0.15, 0.2) is 5.13 Å². The normalized spacial score (nSPS) is 14.7. The van der Waals surface area contributed by atoms with E-state index in [4.69, 9.17) is 9.47 Å². The molecule has 1 saturated heterocycles. The molecule has 6 nitrogen and oxygen atoms in total. The van der Waals surface area contributed by atoms with Gasteiger partial charge in [-0.25, -0.2) is 9.78 Å². The molecule has 7 heteroatoms. The van der Waals surface area contributed by atoms with Gasteiger partial charge in [0.2, 0.25) is 0 Å². The van der Waals surface area contributed by atoms with Crippen LogP contribution in [0.2, 0.25) is 0 Å². The van der Waals surface area contributed by atoms with E-state index < -0.39 is 6.09 Å². The van der Waals surface area contributed by atoms with Crippen LogP contribution in [-0.2, 0) is 9.47 Å². The zero-order valence-electron chi connectivity index (χ0n) is 18.3. The molecule has 2 heterocycles. The van der Waals surface area contributed by atoms with E-state index in [1.807, 2.05) is 29.6 Å². The fourth-order valence-electron chi connectivity index (χ4n) is 4.25. The van der Waals surface area contributed by atoms with Crippen molar-refractivity contribution < 1.29 is 14.3 Å². The van der Waals surface area contributed by atoms with Crippen LogP contribution in [0, 0.1) is 11.8 Å². The van der Waals surface area contributed by atoms with Crippen LogP contribution in [0.5, 0.6) is 0 Å². The minimum atomic E-state index is -0.415. The second-order valence-corrected chi connectivity index (χ2v) is 8.76. The predicted molar refractivity (Wildman–Crippen MR) is 130 cm³/mol. The summed E-state index contributed by atoms with van der Waals surface area (Å²) in [7, 11) is 0. The van der Waals surface area contributed by atoms with Crippen molar-refractivity contribution in [3.05, 3.63) is 70.7 Å². The van der Waals surface area contributed by atoms with Gasteiger partial charge in [0, 0.05) is 37.4 Å². The Morgan fingerprint density at radius 1 is 1.12 bits per heavy atom. The van der Waals surface area contributed by atoms with Gasteiger partial charge >= 0.3 is 6.09 Å². The number of ether oxygens (including phenoxy) is 2. The van der Waals surface area contributed by atoms with Gasteiger partial charge < -0.3 is 19.7 Å². The van der Waals surface area contributed by atoms with Crippen LogP contribution in [0.15, 0.2) is 53.9 Å². The van der Waals surface area contributed by atoms with Gasteiger partial charge in [-0.05, 0) is 28.2 Å². The Hall–Kier alpha value is -3.34. The summed E-state index contributed by atoms with van der Waals surface area (Å²) in [6, 6.07) is 16.6. The Labute approximate surface area is 197 Å². The summed E-state index contributed by atoms with van der Waals surface area (Å²) < 4.78 is 10.9. The van der Waals surface area contributed by atoms with Gasteiger partial charge in [-0.2, -0.15) is 0 Å². The van der Waals surface area contributed by atoms with Crippen LogP contribution in [0.25, 0.3) is 11.1 Å². The molecule has 168 valence electrons. The fraction of sp³-hybridized carbons (Fsp3) is 0.308. The van der Waals surface area contributed by atoms with E-state index in [0.29, 0.717) is 19.6 Å². The average Bonchev–Trinajstić information content (AvgIpc) is 3.46. The topological polar surface area (TPSA) is 63.7 Å². The van der Waals surface area contributed by atoms with Gasteiger partial charge in [-0.15, -0.1) is 11.3 Å². The van der Waals surface area contributed by atoms with Gasteiger partial charge in [0.25, 0.3) is 0 Å². The van der Waals surface area contributed by atoms with E-state index in [0.717, 1.165) is 37.1 Å². The molecule has 1 aromatic heterocycles. The third-order valence-corrected chi connectivity index (χ3v) is 6.75. The molecule has 1 N–H and O–H groups in total. The van der Waals surface area contributed by atoms with Crippen LogP contribution in [0.1, 0.15) is 29.2 Å². The number of thiazole rings is 1. The molecular formula is C26H25N3O3S. The molecule has 0 radical (unpaired) electrons. The second kappa shape index (κ2) is 10.1. The molecule has 2 aliphatic rings. The zero-order chi connectivity index (χ0) is 22.5. The number of anilines is 1. The van der Waals surface area contributed by atoms with Crippen LogP contribution in [-0.4, -0.2) is 50.5 Å². The van der Waals surface area contributed by atoms with Crippen LogP contribution >= 0.6 is 11.3 Å². The Bertz CT molecular complexity index is 1140. The molecule has 0 unspecified atom stereocenters. The summed E-state index contributed by atoms with van der Waals surface area (Å²) in [6.07, 6.45) is 0.121. The zero-order valence-corrected chi connectivity index (χ0v) is 19.1. The summed E-state index contributed by atoms with van der Waals surface area (Å²) in [5.74, 6) is 6.22. The first-order valence-corrected chi connectivity index (χ1v) is 12.0.